The maximum absolute atomic E-state index is 5.96. The molecule has 2 aromatic carbocycles. The number of rotatable bonds is 17. The molecule has 2 nitrogen and oxygen atoms in total. The monoisotopic (exact) mass is 499 g/mol. The second-order valence-corrected chi connectivity index (χ2v) is 11.3. The molecule has 0 saturated carbocycles. The van der Waals surface area contributed by atoms with E-state index in [1.165, 1.54) is 74.5 Å². The molecule has 200 valence electrons. The molecule has 0 amide bonds. The minimum absolute atomic E-state index is 0.711. The first-order valence-electron chi connectivity index (χ1n) is 14.8. The summed E-state index contributed by atoms with van der Waals surface area (Å²) < 4.78 is 5.96. The van der Waals surface area contributed by atoms with Crippen molar-refractivity contribution in [1.82, 2.24) is 4.98 Å². The van der Waals surface area contributed by atoms with Crippen molar-refractivity contribution in [3.63, 3.8) is 0 Å². The van der Waals surface area contributed by atoms with Gasteiger partial charge in [0.2, 0.25) is 0 Å². The van der Waals surface area contributed by atoms with Gasteiger partial charge in [-0.25, -0.2) is 0 Å². The SMILES string of the molecule is CCCCCCCCCOc1ccc(-c2ccc(-c3ccc(CC(C)CCCC(C)C)cn3)cc2)cc1. The second kappa shape index (κ2) is 16.3. The lowest BCUT2D eigenvalue weighted by atomic mass is 9.94. The molecule has 0 N–H and O–H groups in total. The van der Waals surface area contributed by atoms with Gasteiger partial charge in [0.25, 0.3) is 0 Å². The van der Waals surface area contributed by atoms with Crippen LogP contribution in [0.2, 0.25) is 0 Å². The molecule has 3 aromatic rings. The molecule has 0 aliphatic heterocycles. The highest BCUT2D eigenvalue weighted by Crippen LogP contribution is 2.26. The van der Waals surface area contributed by atoms with Gasteiger partial charge in [-0.15, -0.1) is 0 Å². The Morgan fingerprint density at radius 2 is 1.27 bits per heavy atom. The number of pyridine rings is 1. The van der Waals surface area contributed by atoms with Gasteiger partial charge in [0.1, 0.15) is 5.75 Å². The van der Waals surface area contributed by atoms with Crippen LogP contribution in [-0.4, -0.2) is 11.6 Å². The van der Waals surface area contributed by atoms with Crippen LogP contribution in [0.5, 0.6) is 5.75 Å². The summed E-state index contributed by atoms with van der Waals surface area (Å²) >= 11 is 0. The molecule has 37 heavy (non-hydrogen) atoms. The lowest BCUT2D eigenvalue weighted by Gasteiger charge is -2.12. The van der Waals surface area contributed by atoms with Crippen molar-refractivity contribution >= 4 is 0 Å². The smallest absolute Gasteiger partial charge is 0.119 e. The Bertz CT molecular complexity index is 989. The van der Waals surface area contributed by atoms with Gasteiger partial charge in [0.05, 0.1) is 12.3 Å². The van der Waals surface area contributed by atoms with E-state index in [-0.39, 0.29) is 0 Å². The van der Waals surface area contributed by atoms with Gasteiger partial charge in [0.15, 0.2) is 0 Å². The molecule has 1 unspecified atom stereocenters. The Morgan fingerprint density at radius 3 is 1.89 bits per heavy atom. The fourth-order valence-corrected chi connectivity index (χ4v) is 4.92. The number of benzene rings is 2. The fraction of sp³-hybridized carbons (Fsp3) is 0.514. The first-order chi connectivity index (χ1) is 18.0. The second-order valence-electron chi connectivity index (χ2n) is 11.3. The number of nitrogens with zero attached hydrogens (tertiary/aromatic N) is 1. The lowest BCUT2D eigenvalue weighted by molar-refractivity contribution is 0.304. The van der Waals surface area contributed by atoms with Crippen molar-refractivity contribution in [3.8, 4) is 28.1 Å². The zero-order chi connectivity index (χ0) is 26.3. The molecule has 0 fully saturated rings. The van der Waals surface area contributed by atoms with E-state index >= 15 is 0 Å². The van der Waals surface area contributed by atoms with Gasteiger partial charge in [-0.2, -0.15) is 0 Å². The van der Waals surface area contributed by atoms with E-state index in [1.807, 2.05) is 0 Å². The number of hydrogen-bond acceptors (Lipinski definition) is 2. The van der Waals surface area contributed by atoms with Crippen LogP contribution in [0, 0.1) is 11.8 Å². The van der Waals surface area contributed by atoms with Crippen molar-refractivity contribution in [2.75, 3.05) is 6.61 Å². The fourth-order valence-electron chi connectivity index (χ4n) is 4.92. The summed E-state index contributed by atoms with van der Waals surface area (Å²) in [6, 6.07) is 21.7. The summed E-state index contributed by atoms with van der Waals surface area (Å²) in [5.41, 5.74) is 5.97. The first kappa shape index (κ1) is 29.0. The summed E-state index contributed by atoms with van der Waals surface area (Å²) in [6.07, 6.45) is 16.3. The molecular weight excluding hydrogens is 450 g/mol. The highest BCUT2D eigenvalue weighted by atomic mass is 16.5. The van der Waals surface area contributed by atoms with Gasteiger partial charge < -0.3 is 4.74 Å². The molecule has 1 atom stereocenters. The minimum atomic E-state index is 0.711. The Morgan fingerprint density at radius 1 is 0.649 bits per heavy atom. The topological polar surface area (TPSA) is 22.1 Å². The zero-order valence-electron chi connectivity index (χ0n) is 23.8. The average Bonchev–Trinajstić information content (AvgIpc) is 2.91. The van der Waals surface area contributed by atoms with Crippen LogP contribution in [-0.2, 0) is 6.42 Å². The molecular formula is C35H49NO. The van der Waals surface area contributed by atoms with Crippen molar-refractivity contribution in [2.45, 2.75) is 98.3 Å². The number of unbranched alkanes of at least 4 members (excludes halogenated alkanes) is 6. The minimum Gasteiger partial charge on any atom is -0.494 e. The average molecular weight is 500 g/mol. The van der Waals surface area contributed by atoms with Crippen LogP contribution in [0.4, 0.5) is 0 Å². The molecule has 0 radical (unpaired) electrons. The molecule has 1 aromatic heterocycles. The van der Waals surface area contributed by atoms with Gasteiger partial charge in [0, 0.05) is 11.8 Å². The number of ether oxygens (including phenoxy) is 1. The maximum atomic E-state index is 5.96. The van der Waals surface area contributed by atoms with E-state index < -0.39 is 0 Å². The Kier molecular flexibility index (Phi) is 12.7. The predicted octanol–water partition coefficient (Wildman–Crippen LogP) is 10.5. The summed E-state index contributed by atoms with van der Waals surface area (Å²) in [7, 11) is 0. The van der Waals surface area contributed by atoms with Gasteiger partial charge in [-0.05, 0) is 59.6 Å². The van der Waals surface area contributed by atoms with Crippen LogP contribution in [0.25, 0.3) is 22.4 Å². The molecule has 0 aliphatic carbocycles. The molecule has 0 aliphatic rings. The Hall–Kier alpha value is -2.61. The molecule has 0 saturated heterocycles. The number of aromatic nitrogens is 1. The normalized spacial score (nSPS) is 12.1. The van der Waals surface area contributed by atoms with Crippen LogP contribution >= 0.6 is 0 Å². The predicted molar refractivity (Wildman–Crippen MR) is 160 cm³/mol. The van der Waals surface area contributed by atoms with E-state index in [0.29, 0.717) is 5.92 Å². The summed E-state index contributed by atoms with van der Waals surface area (Å²) in [5.74, 6) is 2.48. The molecule has 1 heterocycles. The maximum Gasteiger partial charge on any atom is 0.119 e. The van der Waals surface area contributed by atoms with E-state index in [0.717, 1.165) is 42.4 Å². The molecule has 0 bridgehead atoms. The highest BCUT2D eigenvalue weighted by molar-refractivity contribution is 5.69. The molecule has 0 spiro atoms. The third-order valence-corrected chi connectivity index (χ3v) is 7.27. The Balaban J connectivity index is 1.44. The highest BCUT2D eigenvalue weighted by Gasteiger charge is 2.07. The van der Waals surface area contributed by atoms with E-state index in [1.54, 1.807) is 0 Å². The van der Waals surface area contributed by atoms with Gasteiger partial charge in [-0.1, -0.05) is 128 Å². The van der Waals surface area contributed by atoms with E-state index in [9.17, 15) is 0 Å². The summed E-state index contributed by atoms with van der Waals surface area (Å²) in [4.78, 5) is 4.77. The van der Waals surface area contributed by atoms with Crippen LogP contribution in [0.1, 0.15) is 97.5 Å². The molecule has 3 rings (SSSR count). The van der Waals surface area contributed by atoms with Crippen molar-refractivity contribution < 1.29 is 4.74 Å². The van der Waals surface area contributed by atoms with Gasteiger partial charge >= 0.3 is 0 Å². The van der Waals surface area contributed by atoms with Crippen molar-refractivity contribution in [3.05, 3.63) is 72.4 Å². The standard InChI is InChI=1S/C35H49NO/c1-5-6-7-8-9-10-11-25-37-34-22-20-32(21-23-34)31-16-18-33(19-17-31)35-24-15-30(27-36-35)26-29(4)14-12-13-28(2)3/h15-24,27-29H,5-14,25-26H2,1-4H3. The summed E-state index contributed by atoms with van der Waals surface area (Å²) in [5, 5.41) is 0. The first-order valence-corrected chi connectivity index (χ1v) is 14.8. The van der Waals surface area contributed by atoms with Crippen LogP contribution < -0.4 is 4.74 Å². The van der Waals surface area contributed by atoms with Crippen molar-refractivity contribution in [1.29, 1.82) is 0 Å². The van der Waals surface area contributed by atoms with Crippen molar-refractivity contribution in [2.24, 2.45) is 11.8 Å². The van der Waals surface area contributed by atoms with Crippen LogP contribution in [0.3, 0.4) is 0 Å². The van der Waals surface area contributed by atoms with Gasteiger partial charge in [-0.3, -0.25) is 4.98 Å². The quantitative estimate of drug-likeness (QED) is 0.172. The summed E-state index contributed by atoms with van der Waals surface area (Å²) in [6.45, 7) is 10.1. The van der Waals surface area contributed by atoms with E-state index in [2.05, 4.69) is 94.6 Å². The molecule has 2 heteroatoms. The zero-order valence-corrected chi connectivity index (χ0v) is 23.8. The van der Waals surface area contributed by atoms with Crippen LogP contribution in [0.15, 0.2) is 66.9 Å². The third-order valence-electron chi connectivity index (χ3n) is 7.27. The Labute approximate surface area is 226 Å². The van der Waals surface area contributed by atoms with E-state index in [4.69, 9.17) is 9.72 Å². The third kappa shape index (κ3) is 10.7. The largest absolute Gasteiger partial charge is 0.494 e. The number of hydrogen-bond donors (Lipinski definition) is 0. The lowest BCUT2D eigenvalue weighted by Crippen LogP contribution is -2.01.